The predicted molar refractivity (Wildman–Crippen MR) is 60.4 cm³/mol. The molecule has 0 aromatic carbocycles. The molecule has 0 aromatic rings. The second kappa shape index (κ2) is 6.41. The van der Waals surface area contributed by atoms with E-state index in [0.717, 1.165) is 26.1 Å². The zero-order chi connectivity index (χ0) is 10.4. The molecule has 84 valence electrons. The van der Waals surface area contributed by atoms with E-state index in [1.165, 1.54) is 25.7 Å². The molecule has 0 radical (unpaired) electrons. The van der Waals surface area contributed by atoms with Crippen LogP contribution in [0.25, 0.3) is 0 Å². The molecule has 14 heavy (non-hydrogen) atoms. The molecular formula is C12H25NO. The van der Waals surface area contributed by atoms with Crippen molar-refractivity contribution in [2.24, 2.45) is 5.92 Å². The second-order valence-corrected chi connectivity index (χ2v) is 4.43. The lowest BCUT2D eigenvalue weighted by Crippen LogP contribution is -2.29. The SMILES string of the molecule is CCN(CC)CCC(O)C1CCCC1. The summed E-state index contributed by atoms with van der Waals surface area (Å²) >= 11 is 0. The normalized spacial score (nSPS) is 20.6. The van der Waals surface area contributed by atoms with E-state index in [1.54, 1.807) is 0 Å². The highest BCUT2D eigenvalue weighted by Crippen LogP contribution is 2.28. The molecule has 0 spiro atoms. The molecule has 0 aliphatic heterocycles. The Bertz CT molecular complexity index is 139. The maximum Gasteiger partial charge on any atom is 0.0580 e. The first-order chi connectivity index (χ1) is 6.77. The molecule has 2 nitrogen and oxygen atoms in total. The highest BCUT2D eigenvalue weighted by molar-refractivity contribution is 4.75. The van der Waals surface area contributed by atoms with Gasteiger partial charge in [0.2, 0.25) is 0 Å². The Balaban J connectivity index is 2.15. The van der Waals surface area contributed by atoms with Gasteiger partial charge >= 0.3 is 0 Å². The quantitative estimate of drug-likeness (QED) is 0.709. The van der Waals surface area contributed by atoms with E-state index in [9.17, 15) is 5.11 Å². The average molecular weight is 199 g/mol. The highest BCUT2D eigenvalue weighted by atomic mass is 16.3. The third-order valence-corrected chi connectivity index (χ3v) is 3.58. The van der Waals surface area contributed by atoms with Crippen LogP contribution in [0.5, 0.6) is 0 Å². The summed E-state index contributed by atoms with van der Waals surface area (Å²) in [5, 5.41) is 9.96. The van der Waals surface area contributed by atoms with Crippen molar-refractivity contribution in [1.82, 2.24) is 4.90 Å². The molecule has 1 atom stereocenters. The summed E-state index contributed by atoms with van der Waals surface area (Å²) in [7, 11) is 0. The number of nitrogens with zero attached hydrogens (tertiary/aromatic N) is 1. The zero-order valence-corrected chi connectivity index (χ0v) is 9.71. The van der Waals surface area contributed by atoms with E-state index in [0.29, 0.717) is 5.92 Å². The van der Waals surface area contributed by atoms with Gasteiger partial charge in [-0.15, -0.1) is 0 Å². The Morgan fingerprint density at radius 3 is 2.29 bits per heavy atom. The Labute approximate surface area is 88.3 Å². The Kier molecular flexibility index (Phi) is 5.49. The highest BCUT2D eigenvalue weighted by Gasteiger charge is 2.22. The number of rotatable bonds is 6. The zero-order valence-electron chi connectivity index (χ0n) is 9.71. The topological polar surface area (TPSA) is 23.5 Å². The van der Waals surface area contributed by atoms with Crippen LogP contribution in [0.15, 0.2) is 0 Å². The first kappa shape index (κ1) is 12.0. The molecule has 0 bridgehead atoms. The van der Waals surface area contributed by atoms with Crippen LogP contribution in [-0.2, 0) is 0 Å². The summed E-state index contributed by atoms with van der Waals surface area (Å²) < 4.78 is 0. The number of aliphatic hydroxyl groups is 1. The van der Waals surface area contributed by atoms with Crippen molar-refractivity contribution in [2.75, 3.05) is 19.6 Å². The summed E-state index contributed by atoms with van der Waals surface area (Å²) in [5.41, 5.74) is 0. The van der Waals surface area contributed by atoms with E-state index in [4.69, 9.17) is 0 Å². The van der Waals surface area contributed by atoms with Crippen LogP contribution in [0.4, 0.5) is 0 Å². The van der Waals surface area contributed by atoms with Crippen LogP contribution in [0.1, 0.15) is 46.0 Å². The lowest BCUT2D eigenvalue weighted by Gasteiger charge is -2.22. The first-order valence-electron chi connectivity index (χ1n) is 6.18. The van der Waals surface area contributed by atoms with Gasteiger partial charge in [-0.2, -0.15) is 0 Å². The molecule has 1 unspecified atom stereocenters. The van der Waals surface area contributed by atoms with Gasteiger partial charge in [0.25, 0.3) is 0 Å². The van der Waals surface area contributed by atoms with Gasteiger partial charge in [0, 0.05) is 6.54 Å². The average Bonchev–Trinajstić information content (AvgIpc) is 2.72. The summed E-state index contributed by atoms with van der Waals surface area (Å²) in [6.45, 7) is 7.64. The van der Waals surface area contributed by atoms with E-state index in [1.807, 2.05) is 0 Å². The van der Waals surface area contributed by atoms with E-state index >= 15 is 0 Å². The van der Waals surface area contributed by atoms with Crippen LogP contribution in [-0.4, -0.2) is 35.7 Å². The van der Waals surface area contributed by atoms with Crippen LogP contribution in [0.2, 0.25) is 0 Å². The fraction of sp³-hybridized carbons (Fsp3) is 1.00. The monoisotopic (exact) mass is 199 g/mol. The molecule has 1 rings (SSSR count). The number of hydrogen-bond acceptors (Lipinski definition) is 2. The molecule has 2 heteroatoms. The van der Waals surface area contributed by atoms with Crippen molar-refractivity contribution >= 4 is 0 Å². The van der Waals surface area contributed by atoms with E-state index < -0.39 is 0 Å². The lowest BCUT2D eigenvalue weighted by molar-refractivity contribution is 0.0889. The molecular weight excluding hydrogens is 174 g/mol. The van der Waals surface area contributed by atoms with Crippen molar-refractivity contribution in [3.63, 3.8) is 0 Å². The third-order valence-electron chi connectivity index (χ3n) is 3.58. The maximum absolute atomic E-state index is 9.96. The number of hydrogen-bond donors (Lipinski definition) is 1. The van der Waals surface area contributed by atoms with Crippen molar-refractivity contribution < 1.29 is 5.11 Å². The van der Waals surface area contributed by atoms with Crippen molar-refractivity contribution in [1.29, 1.82) is 0 Å². The van der Waals surface area contributed by atoms with Gasteiger partial charge in [0.1, 0.15) is 0 Å². The predicted octanol–water partition coefficient (Wildman–Crippen LogP) is 2.27. The van der Waals surface area contributed by atoms with Crippen molar-refractivity contribution in [2.45, 2.75) is 52.1 Å². The fourth-order valence-corrected chi connectivity index (χ4v) is 2.43. The summed E-state index contributed by atoms with van der Waals surface area (Å²) in [4.78, 5) is 2.39. The van der Waals surface area contributed by atoms with Crippen molar-refractivity contribution in [3.8, 4) is 0 Å². The molecule has 1 fully saturated rings. The standard InChI is InChI=1S/C12H25NO/c1-3-13(4-2)10-9-12(14)11-7-5-6-8-11/h11-12,14H,3-10H2,1-2H3. The summed E-state index contributed by atoms with van der Waals surface area (Å²) in [6.07, 6.45) is 6.07. The molecule has 1 saturated carbocycles. The van der Waals surface area contributed by atoms with Crippen molar-refractivity contribution in [3.05, 3.63) is 0 Å². The van der Waals surface area contributed by atoms with Crippen LogP contribution < -0.4 is 0 Å². The van der Waals surface area contributed by atoms with Gasteiger partial charge in [0.15, 0.2) is 0 Å². The first-order valence-corrected chi connectivity index (χ1v) is 6.18. The third kappa shape index (κ3) is 3.58. The molecule has 1 N–H and O–H groups in total. The Morgan fingerprint density at radius 1 is 1.21 bits per heavy atom. The van der Waals surface area contributed by atoms with Crippen LogP contribution in [0, 0.1) is 5.92 Å². The van der Waals surface area contributed by atoms with E-state index in [2.05, 4.69) is 18.7 Å². The van der Waals surface area contributed by atoms with Gasteiger partial charge in [-0.05, 0) is 38.3 Å². The fourth-order valence-electron chi connectivity index (χ4n) is 2.43. The summed E-state index contributed by atoms with van der Waals surface area (Å²) in [6, 6.07) is 0. The minimum absolute atomic E-state index is 0.0434. The Hall–Kier alpha value is -0.0800. The number of aliphatic hydroxyl groups excluding tert-OH is 1. The lowest BCUT2D eigenvalue weighted by atomic mass is 9.98. The van der Waals surface area contributed by atoms with Gasteiger partial charge < -0.3 is 10.0 Å². The second-order valence-electron chi connectivity index (χ2n) is 4.43. The maximum atomic E-state index is 9.96. The van der Waals surface area contributed by atoms with Gasteiger partial charge in [-0.25, -0.2) is 0 Å². The minimum atomic E-state index is -0.0434. The largest absolute Gasteiger partial charge is 0.393 e. The smallest absolute Gasteiger partial charge is 0.0580 e. The Morgan fingerprint density at radius 2 is 1.79 bits per heavy atom. The molecule has 0 aromatic heterocycles. The molecule has 1 aliphatic carbocycles. The molecule has 0 saturated heterocycles. The van der Waals surface area contributed by atoms with Gasteiger partial charge in [0.05, 0.1) is 6.10 Å². The van der Waals surface area contributed by atoms with E-state index in [-0.39, 0.29) is 6.10 Å². The molecule has 1 aliphatic rings. The molecule has 0 amide bonds. The van der Waals surface area contributed by atoms with Gasteiger partial charge in [-0.1, -0.05) is 26.7 Å². The summed E-state index contributed by atoms with van der Waals surface area (Å²) in [5.74, 6) is 0.602. The minimum Gasteiger partial charge on any atom is -0.393 e. The molecule has 0 heterocycles. The van der Waals surface area contributed by atoms with Crippen LogP contribution in [0.3, 0.4) is 0 Å². The van der Waals surface area contributed by atoms with Crippen LogP contribution >= 0.6 is 0 Å². The van der Waals surface area contributed by atoms with Gasteiger partial charge in [-0.3, -0.25) is 0 Å².